The van der Waals surface area contributed by atoms with Crippen LogP contribution in [0.4, 0.5) is 0 Å². The molecule has 13 heavy (non-hydrogen) atoms. The summed E-state index contributed by atoms with van der Waals surface area (Å²) >= 11 is 0. The predicted octanol–water partition coefficient (Wildman–Crippen LogP) is 3.29. The van der Waals surface area contributed by atoms with E-state index in [1.807, 2.05) is 24.3 Å². The molecule has 0 aromatic heterocycles. The molecule has 0 aliphatic rings. The van der Waals surface area contributed by atoms with Crippen LogP contribution in [0, 0.1) is 12.3 Å². The number of ether oxygens (including phenoxy) is 1. The van der Waals surface area contributed by atoms with Crippen molar-refractivity contribution in [3.63, 3.8) is 0 Å². The summed E-state index contributed by atoms with van der Waals surface area (Å²) in [7, 11) is 0. The predicted molar refractivity (Wildman–Crippen MR) is 55.9 cm³/mol. The van der Waals surface area contributed by atoms with Gasteiger partial charge in [0.1, 0.15) is 5.75 Å². The van der Waals surface area contributed by atoms with Gasteiger partial charge in [0, 0.05) is 0 Å². The Morgan fingerprint density at radius 2 is 2.00 bits per heavy atom. The first kappa shape index (κ1) is 10.1. The molecule has 1 heteroatoms. The average Bonchev–Trinajstić information content (AvgIpc) is 2.00. The Morgan fingerprint density at radius 1 is 1.31 bits per heavy atom. The maximum absolute atomic E-state index is 5.61. The quantitative estimate of drug-likeness (QED) is 0.673. The van der Waals surface area contributed by atoms with Crippen LogP contribution in [-0.2, 0) is 0 Å². The van der Waals surface area contributed by atoms with Crippen LogP contribution in [0.3, 0.4) is 0 Å². The normalized spacial score (nSPS) is 11.4. The van der Waals surface area contributed by atoms with Crippen molar-refractivity contribution in [2.24, 2.45) is 5.41 Å². The van der Waals surface area contributed by atoms with E-state index in [0.717, 1.165) is 17.9 Å². The van der Waals surface area contributed by atoms with Gasteiger partial charge in [0.2, 0.25) is 0 Å². The lowest BCUT2D eigenvalue weighted by Gasteiger charge is -2.18. The lowest BCUT2D eigenvalue weighted by molar-refractivity contribution is 0.198. The van der Waals surface area contributed by atoms with Gasteiger partial charge in [-0.25, -0.2) is 0 Å². The van der Waals surface area contributed by atoms with Crippen LogP contribution >= 0.6 is 0 Å². The Morgan fingerprint density at radius 3 is 2.54 bits per heavy atom. The SMILES string of the molecule is [CH2]c1cccc(OCC(C)(C)C)c1. The van der Waals surface area contributed by atoms with E-state index >= 15 is 0 Å². The van der Waals surface area contributed by atoms with Crippen LogP contribution in [0.1, 0.15) is 26.3 Å². The van der Waals surface area contributed by atoms with Gasteiger partial charge in [0.05, 0.1) is 6.61 Å². The van der Waals surface area contributed by atoms with E-state index in [1.54, 1.807) is 0 Å². The fourth-order valence-corrected chi connectivity index (χ4v) is 0.935. The van der Waals surface area contributed by atoms with Crippen molar-refractivity contribution in [2.75, 3.05) is 6.61 Å². The minimum Gasteiger partial charge on any atom is -0.493 e. The Kier molecular flexibility index (Phi) is 2.97. The van der Waals surface area contributed by atoms with Crippen molar-refractivity contribution in [1.29, 1.82) is 0 Å². The van der Waals surface area contributed by atoms with Gasteiger partial charge in [0.25, 0.3) is 0 Å². The van der Waals surface area contributed by atoms with E-state index in [4.69, 9.17) is 4.74 Å². The number of benzene rings is 1. The van der Waals surface area contributed by atoms with Gasteiger partial charge < -0.3 is 4.74 Å². The molecule has 0 amide bonds. The Bertz CT molecular complexity index is 271. The molecule has 1 aromatic carbocycles. The summed E-state index contributed by atoms with van der Waals surface area (Å²) in [6.07, 6.45) is 0. The molecule has 0 atom stereocenters. The first-order valence-electron chi connectivity index (χ1n) is 4.52. The second-order valence-electron chi connectivity index (χ2n) is 4.50. The standard InChI is InChI=1S/C12H17O/c1-10-6-5-7-11(8-10)13-9-12(2,3)4/h5-8H,1,9H2,2-4H3. The summed E-state index contributed by atoms with van der Waals surface area (Å²) in [5.41, 5.74) is 1.20. The van der Waals surface area contributed by atoms with Crippen LogP contribution in [0.15, 0.2) is 24.3 Å². The topological polar surface area (TPSA) is 9.23 Å². The average molecular weight is 177 g/mol. The van der Waals surface area contributed by atoms with Crippen molar-refractivity contribution in [3.8, 4) is 5.75 Å². The third kappa shape index (κ3) is 3.97. The van der Waals surface area contributed by atoms with Crippen molar-refractivity contribution >= 4 is 0 Å². The molecule has 0 saturated carbocycles. The maximum atomic E-state index is 5.61. The molecule has 1 nitrogen and oxygen atoms in total. The van der Waals surface area contributed by atoms with Crippen molar-refractivity contribution in [2.45, 2.75) is 20.8 Å². The zero-order valence-corrected chi connectivity index (χ0v) is 8.63. The highest BCUT2D eigenvalue weighted by Crippen LogP contribution is 2.18. The van der Waals surface area contributed by atoms with Gasteiger partial charge in [-0.15, -0.1) is 0 Å². The van der Waals surface area contributed by atoms with E-state index in [2.05, 4.69) is 27.7 Å². The van der Waals surface area contributed by atoms with E-state index < -0.39 is 0 Å². The highest BCUT2D eigenvalue weighted by molar-refractivity contribution is 5.29. The largest absolute Gasteiger partial charge is 0.493 e. The Balaban J connectivity index is 2.55. The van der Waals surface area contributed by atoms with E-state index in [9.17, 15) is 0 Å². The molecule has 0 heterocycles. The lowest BCUT2D eigenvalue weighted by atomic mass is 9.99. The number of hydrogen-bond acceptors (Lipinski definition) is 1. The van der Waals surface area contributed by atoms with Crippen LogP contribution in [-0.4, -0.2) is 6.61 Å². The second kappa shape index (κ2) is 3.82. The first-order chi connectivity index (χ1) is 5.97. The molecule has 71 valence electrons. The molecule has 0 aliphatic heterocycles. The van der Waals surface area contributed by atoms with Crippen molar-refractivity contribution in [1.82, 2.24) is 0 Å². The van der Waals surface area contributed by atoms with Crippen LogP contribution in [0.5, 0.6) is 5.75 Å². The zero-order valence-electron chi connectivity index (χ0n) is 8.63. The number of hydrogen-bond donors (Lipinski definition) is 0. The monoisotopic (exact) mass is 177 g/mol. The second-order valence-corrected chi connectivity index (χ2v) is 4.50. The van der Waals surface area contributed by atoms with Crippen LogP contribution in [0.2, 0.25) is 0 Å². The summed E-state index contributed by atoms with van der Waals surface area (Å²) in [6.45, 7) is 11.0. The van der Waals surface area contributed by atoms with Gasteiger partial charge in [-0.3, -0.25) is 0 Å². The minimum atomic E-state index is 0.206. The molecule has 0 unspecified atom stereocenters. The smallest absolute Gasteiger partial charge is 0.119 e. The summed E-state index contributed by atoms with van der Waals surface area (Å²) in [4.78, 5) is 0. The molecule has 0 aliphatic carbocycles. The highest BCUT2D eigenvalue weighted by Gasteiger charge is 2.10. The fraction of sp³-hybridized carbons (Fsp3) is 0.417. The Labute approximate surface area is 80.7 Å². The molecule has 1 radical (unpaired) electrons. The lowest BCUT2D eigenvalue weighted by Crippen LogP contribution is -2.16. The van der Waals surface area contributed by atoms with Gasteiger partial charge in [0.15, 0.2) is 0 Å². The van der Waals surface area contributed by atoms with Gasteiger partial charge in [-0.1, -0.05) is 32.9 Å². The van der Waals surface area contributed by atoms with E-state index in [0.29, 0.717) is 0 Å². The molecule has 1 rings (SSSR count). The summed E-state index contributed by atoms with van der Waals surface area (Å²) in [6, 6.07) is 7.83. The first-order valence-corrected chi connectivity index (χ1v) is 4.52. The molecule has 0 N–H and O–H groups in total. The van der Waals surface area contributed by atoms with Crippen molar-refractivity contribution in [3.05, 3.63) is 36.8 Å². The summed E-state index contributed by atoms with van der Waals surface area (Å²) in [5.74, 6) is 0.905. The van der Waals surface area contributed by atoms with Crippen LogP contribution in [0.25, 0.3) is 0 Å². The van der Waals surface area contributed by atoms with Gasteiger partial charge in [-0.05, 0) is 30.0 Å². The highest BCUT2D eigenvalue weighted by atomic mass is 16.5. The number of rotatable bonds is 2. The maximum Gasteiger partial charge on any atom is 0.119 e. The van der Waals surface area contributed by atoms with Gasteiger partial charge >= 0.3 is 0 Å². The van der Waals surface area contributed by atoms with Gasteiger partial charge in [-0.2, -0.15) is 0 Å². The van der Waals surface area contributed by atoms with Crippen LogP contribution < -0.4 is 4.74 Å². The van der Waals surface area contributed by atoms with E-state index in [-0.39, 0.29) is 5.41 Å². The minimum absolute atomic E-state index is 0.206. The third-order valence-corrected chi connectivity index (χ3v) is 1.57. The van der Waals surface area contributed by atoms with Crippen molar-refractivity contribution < 1.29 is 4.74 Å². The molecule has 0 saturated heterocycles. The summed E-state index contributed by atoms with van der Waals surface area (Å²) < 4.78 is 5.61. The molecular formula is C12H17O. The molecule has 0 fully saturated rings. The molecular weight excluding hydrogens is 160 g/mol. The third-order valence-electron chi connectivity index (χ3n) is 1.57. The molecule has 0 spiro atoms. The van der Waals surface area contributed by atoms with E-state index in [1.165, 1.54) is 0 Å². The fourth-order valence-electron chi connectivity index (χ4n) is 0.935. The Hall–Kier alpha value is -0.980. The molecule has 0 bridgehead atoms. The summed E-state index contributed by atoms with van der Waals surface area (Å²) in [5, 5.41) is 0. The zero-order chi connectivity index (χ0) is 9.90. The molecule has 1 aromatic rings.